The third-order valence-electron chi connectivity index (χ3n) is 5.73. The van der Waals surface area contributed by atoms with Gasteiger partial charge in [-0.15, -0.1) is 0 Å². The number of Topliss-reactive ketones (excluding diaryl/α,β-unsaturated/α-hetero) is 2. The normalized spacial score (nSPS) is 38.2. The number of benzene rings is 1. The van der Waals surface area contributed by atoms with Gasteiger partial charge in [0.1, 0.15) is 11.7 Å². The van der Waals surface area contributed by atoms with Gasteiger partial charge in [-0.3, -0.25) is 9.59 Å². The van der Waals surface area contributed by atoms with Crippen molar-refractivity contribution in [1.82, 2.24) is 0 Å². The van der Waals surface area contributed by atoms with Gasteiger partial charge in [-0.1, -0.05) is 35.3 Å². The Morgan fingerprint density at radius 2 is 2.00 bits per heavy atom. The number of ketones is 2. The van der Waals surface area contributed by atoms with E-state index in [1.165, 1.54) is 0 Å². The second-order valence-corrected chi connectivity index (χ2v) is 7.63. The maximum Gasteiger partial charge on any atom is 0.154 e. The molecule has 4 rings (SSSR count). The molecule has 5 heteroatoms. The quantitative estimate of drug-likeness (QED) is 0.758. The van der Waals surface area contributed by atoms with Gasteiger partial charge in [-0.2, -0.15) is 0 Å². The summed E-state index contributed by atoms with van der Waals surface area (Å²) in [6.07, 6.45) is 1.76. The molecule has 0 radical (unpaired) electrons. The molecule has 1 aromatic carbocycles. The van der Waals surface area contributed by atoms with Crippen molar-refractivity contribution in [3.05, 3.63) is 28.2 Å². The number of hydrogen-bond donors (Lipinski definition) is 0. The minimum atomic E-state index is -0.697. The third kappa shape index (κ3) is 2.06. The Morgan fingerprint density at radius 3 is 2.70 bits per heavy atom. The molecular weight excluding hydrogens is 360 g/mol. The maximum absolute atomic E-state index is 13.0. The Labute approximate surface area is 143 Å². The second-order valence-electron chi connectivity index (χ2n) is 6.72. The molecule has 1 aliphatic carbocycles. The third-order valence-corrected chi connectivity index (χ3v) is 6.22. The first-order chi connectivity index (χ1) is 11.1. The molecule has 0 spiro atoms. The Morgan fingerprint density at radius 1 is 1.26 bits per heavy atom. The molecule has 0 amide bonds. The van der Waals surface area contributed by atoms with Gasteiger partial charge >= 0.3 is 0 Å². The summed E-state index contributed by atoms with van der Waals surface area (Å²) in [5.41, 5.74) is 0.688. The van der Waals surface area contributed by atoms with Gasteiger partial charge in [-0.05, 0) is 24.5 Å². The van der Waals surface area contributed by atoms with Gasteiger partial charge in [0.15, 0.2) is 11.6 Å². The number of carbonyl (C=O) groups excluding carboxylic acids is 2. The highest BCUT2D eigenvalue weighted by atomic mass is 79.9. The Kier molecular flexibility index (Phi) is 3.61. The highest BCUT2D eigenvalue weighted by molar-refractivity contribution is 9.10. The van der Waals surface area contributed by atoms with Gasteiger partial charge in [0, 0.05) is 10.0 Å². The van der Waals surface area contributed by atoms with Crippen molar-refractivity contribution >= 4 is 27.5 Å². The van der Waals surface area contributed by atoms with E-state index in [1.54, 1.807) is 7.11 Å². The van der Waals surface area contributed by atoms with Crippen LogP contribution in [0.1, 0.15) is 31.2 Å². The molecule has 0 aromatic heterocycles. The van der Waals surface area contributed by atoms with Crippen LogP contribution < -0.4 is 4.74 Å². The molecule has 1 unspecified atom stereocenters. The van der Waals surface area contributed by atoms with E-state index in [4.69, 9.17) is 9.47 Å². The van der Waals surface area contributed by atoms with Crippen molar-refractivity contribution in [2.75, 3.05) is 7.11 Å². The van der Waals surface area contributed by atoms with Crippen LogP contribution in [0.4, 0.5) is 0 Å². The summed E-state index contributed by atoms with van der Waals surface area (Å²) in [6, 6.07) is 5.49. The van der Waals surface area contributed by atoms with Crippen molar-refractivity contribution in [2.45, 2.75) is 37.9 Å². The van der Waals surface area contributed by atoms with Crippen LogP contribution in [0.3, 0.4) is 0 Å². The first-order valence-electron chi connectivity index (χ1n) is 8.13. The van der Waals surface area contributed by atoms with E-state index in [0.29, 0.717) is 17.2 Å². The predicted molar refractivity (Wildman–Crippen MR) is 87.5 cm³/mol. The molecule has 3 fully saturated rings. The molecule has 23 heavy (non-hydrogen) atoms. The van der Waals surface area contributed by atoms with Gasteiger partial charge in [0.2, 0.25) is 0 Å². The Balaban J connectivity index is 1.73. The molecule has 6 atom stereocenters. The largest absolute Gasteiger partial charge is 0.496 e. The van der Waals surface area contributed by atoms with Crippen LogP contribution in [0.2, 0.25) is 0 Å². The highest BCUT2D eigenvalue weighted by Gasteiger charge is 2.65. The maximum atomic E-state index is 13.0. The van der Waals surface area contributed by atoms with Crippen LogP contribution >= 0.6 is 15.9 Å². The van der Waals surface area contributed by atoms with E-state index in [1.807, 2.05) is 18.2 Å². The number of methoxy groups -OCH3 is 1. The topological polar surface area (TPSA) is 52.6 Å². The van der Waals surface area contributed by atoms with Crippen LogP contribution in [0.25, 0.3) is 0 Å². The summed E-state index contributed by atoms with van der Waals surface area (Å²) in [5, 5.41) is 0. The fraction of sp³-hybridized carbons (Fsp3) is 0.556. The summed E-state index contributed by atoms with van der Waals surface area (Å²) in [7, 11) is 1.57. The van der Waals surface area contributed by atoms with E-state index >= 15 is 0 Å². The molecule has 2 aliphatic heterocycles. The summed E-state index contributed by atoms with van der Waals surface area (Å²) >= 11 is 3.40. The smallest absolute Gasteiger partial charge is 0.154 e. The zero-order valence-electron chi connectivity index (χ0n) is 13.1. The molecule has 3 aliphatic rings. The summed E-state index contributed by atoms with van der Waals surface area (Å²) in [5.74, 6) is -0.181. The fourth-order valence-electron chi connectivity index (χ4n) is 4.70. The van der Waals surface area contributed by atoms with Crippen LogP contribution in [0, 0.1) is 17.8 Å². The lowest BCUT2D eigenvalue weighted by Gasteiger charge is -2.24. The first kappa shape index (κ1) is 15.3. The van der Waals surface area contributed by atoms with Crippen molar-refractivity contribution in [2.24, 2.45) is 17.8 Å². The lowest BCUT2D eigenvalue weighted by molar-refractivity contribution is -0.127. The first-order valence-corrected chi connectivity index (χ1v) is 8.92. The molecule has 122 valence electrons. The number of carbonyl (C=O) groups is 2. The summed E-state index contributed by atoms with van der Waals surface area (Å²) < 4.78 is 12.2. The Hall–Kier alpha value is -1.20. The standard InChI is InChI=1S/C18H19BrO4/c1-3-8-6-12-14-15(18(8)23-12)17(21)13(16(14)20)10-5-4-9(19)7-11(10)22-2/h4-5,7-8,12-15,18H,3,6H2,1-2H3/t8-,12+,13?,14+,15-,18-/m1/s1. The predicted octanol–water partition coefficient (Wildman–Crippen LogP) is 3.12. The van der Waals surface area contributed by atoms with Gasteiger partial charge in [0.25, 0.3) is 0 Å². The number of ether oxygens (including phenoxy) is 2. The van der Waals surface area contributed by atoms with E-state index < -0.39 is 5.92 Å². The average Bonchev–Trinajstić information content (AvgIpc) is 3.19. The molecule has 1 saturated carbocycles. The Bertz CT molecular complexity index is 686. The molecule has 1 aromatic rings. The monoisotopic (exact) mass is 378 g/mol. The van der Waals surface area contributed by atoms with Crippen LogP contribution in [-0.4, -0.2) is 30.9 Å². The van der Waals surface area contributed by atoms with Gasteiger partial charge < -0.3 is 9.47 Å². The molecule has 2 heterocycles. The number of halogens is 1. The fourth-order valence-corrected chi connectivity index (χ4v) is 5.04. The van der Waals surface area contributed by atoms with Crippen LogP contribution in [-0.2, 0) is 14.3 Å². The molecule has 0 N–H and O–H groups in total. The van der Waals surface area contributed by atoms with Crippen molar-refractivity contribution in [1.29, 1.82) is 0 Å². The van der Waals surface area contributed by atoms with Crippen molar-refractivity contribution < 1.29 is 19.1 Å². The minimum absolute atomic E-state index is 0.0164. The van der Waals surface area contributed by atoms with Crippen LogP contribution in [0.5, 0.6) is 5.75 Å². The van der Waals surface area contributed by atoms with Crippen molar-refractivity contribution in [3.63, 3.8) is 0 Å². The van der Waals surface area contributed by atoms with Gasteiger partial charge in [0.05, 0.1) is 31.2 Å². The summed E-state index contributed by atoms with van der Waals surface area (Å²) in [4.78, 5) is 26.0. The van der Waals surface area contributed by atoms with E-state index in [9.17, 15) is 9.59 Å². The zero-order chi connectivity index (χ0) is 16.3. The van der Waals surface area contributed by atoms with Crippen molar-refractivity contribution in [3.8, 4) is 5.75 Å². The zero-order valence-corrected chi connectivity index (χ0v) is 14.7. The number of hydrogen-bond acceptors (Lipinski definition) is 4. The van der Waals surface area contributed by atoms with Gasteiger partial charge in [-0.25, -0.2) is 0 Å². The highest BCUT2D eigenvalue weighted by Crippen LogP contribution is 2.55. The molecule has 2 saturated heterocycles. The SMILES string of the molecule is CC[C@@H]1C[C@@H]2O[C@H]1[C@H]1C(=O)C(c3ccc(Br)cc3OC)C(=O)[C@H]12. The average molecular weight is 379 g/mol. The second kappa shape index (κ2) is 5.42. The number of rotatable bonds is 3. The lowest BCUT2D eigenvalue weighted by Crippen LogP contribution is -2.34. The molecule has 2 bridgehead atoms. The lowest BCUT2D eigenvalue weighted by atomic mass is 9.74. The van der Waals surface area contributed by atoms with Crippen LogP contribution in [0.15, 0.2) is 22.7 Å². The molecular formula is C18H19BrO4. The van der Waals surface area contributed by atoms with E-state index in [2.05, 4.69) is 22.9 Å². The van der Waals surface area contributed by atoms with E-state index in [-0.39, 0.29) is 35.6 Å². The number of fused-ring (bicyclic) bond motifs is 5. The van der Waals surface area contributed by atoms with E-state index in [0.717, 1.165) is 17.3 Å². The molecule has 4 nitrogen and oxygen atoms in total. The summed E-state index contributed by atoms with van der Waals surface area (Å²) in [6.45, 7) is 2.13. The minimum Gasteiger partial charge on any atom is -0.496 e.